The topological polar surface area (TPSA) is 91.5 Å². The minimum Gasteiger partial charge on any atom is -0.467 e. The molecular formula is C25H25ClF3N5O4. The van der Waals surface area contributed by atoms with E-state index in [0.29, 0.717) is 43.1 Å². The molecule has 38 heavy (non-hydrogen) atoms. The fourth-order valence-electron chi connectivity index (χ4n) is 5.03. The van der Waals surface area contributed by atoms with Gasteiger partial charge < -0.3 is 18.9 Å². The SMILES string of the molecule is COC(=O)C(c1ccccc1C(F)(F)F)n1cnc2c1CCN(c1cnn(C3CCCCO3)c(=O)c1Cl)C2. The Morgan fingerprint density at radius 3 is 2.76 bits per heavy atom. The molecule has 13 heteroatoms. The number of rotatable bonds is 5. The van der Waals surface area contributed by atoms with Gasteiger partial charge in [0.15, 0.2) is 12.3 Å². The van der Waals surface area contributed by atoms with Crippen molar-refractivity contribution in [2.75, 3.05) is 25.2 Å². The predicted octanol–water partition coefficient (Wildman–Crippen LogP) is 4.14. The fourth-order valence-corrected chi connectivity index (χ4v) is 5.29. The molecule has 2 atom stereocenters. The molecule has 5 rings (SSSR count). The first-order valence-electron chi connectivity index (χ1n) is 12.1. The number of imidazole rings is 1. The summed E-state index contributed by atoms with van der Waals surface area (Å²) in [5.41, 5.74) is -0.0316. The quantitative estimate of drug-likeness (QED) is 0.440. The molecule has 2 aromatic heterocycles. The number of aromatic nitrogens is 4. The molecule has 1 saturated heterocycles. The minimum absolute atomic E-state index is 0.00333. The van der Waals surface area contributed by atoms with Gasteiger partial charge >= 0.3 is 12.1 Å². The highest BCUT2D eigenvalue weighted by atomic mass is 35.5. The summed E-state index contributed by atoms with van der Waals surface area (Å²) in [5, 5.41) is 4.30. The molecule has 0 N–H and O–H groups in total. The Balaban J connectivity index is 1.46. The Bertz CT molecular complexity index is 1400. The Hall–Kier alpha value is -3.38. The normalized spacial score (nSPS) is 18.7. The zero-order valence-electron chi connectivity index (χ0n) is 20.4. The molecule has 9 nitrogen and oxygen atoms in total. The van der Waals surface area contributed by atoms with E-state index in [0.717, 1.165) is 26.0 Å². The van der Waals surface area contributed by atoms with Crippen molar-refractivity contribution < 1.29 is 27.4 Å². The molecule has 0 spiro atoms. The van der Waals surface area contributed by atoms with Crippen LogP contribution >= 0.6 is 11.6 Å². The number of halogens is 4. The van der Waals surface area contributed by atoms with Gasteiger partial charge in [-0.3, -0.25) is 4.79 Å². The van der Waals surface area contributed by atoms with Crippen LogP contribution in [0.2, 0.25) is 5.02 Å². The average molecular weight is 552 g/mol. The van der Waals surface area contributed by atoms with Crippen molar-refractivity contribution in [2.24, 2.45) is 0 Å². The monoisotopic (exact) mass is 551 g/mol. The summed E-state index contributed by atoms with van der Waals surface area (Å²) < 4.78 is 54.6. The van der Waals surface area contributed by atoms with Gasteiger partial charge in [0.2, 0.25) is 0 Å². The van der Waals surface area contributed by atoms with Crippen molar-refractivity contribution >= 4 is 23.3 Å². The fraction of sp³-hybridized carbons (Fsp3) is 0.440. The number of carbonyl (C=O) groups excluding carboxylic acids is 1. The number of ether oxygens (including phenoxy) is 2. The van der Waals surface area contributed by atoms with E-state index in [1.54, 1.807) is 0 Å². The number of carbonyl (C=O) groups is 1. The van der Waals surface area contributed by atoms with Crippen LogP contribution in [-0.2, 0) is 33.4 Å². The first-order valence-corrected chi connectivity index (χ1v) is 12.5. The molecule has 2 aliphatic heterocycles. The van der Waals surface area contributed by atoms with E-state index in [-0.39, 0.29) is 17.1 Å². The third kappa shape index (κ3) is 4.78. The molecular weight excluding hydrogens is 527 g/mol. The van der Waals surface area contributed by atoms with Crippen LogP contribution in [0.1, 0.15) is 54.0 Å². The highest BCUT2D eigenvalue weighted by molar-refractivity contribution is 6.33. The molecule has 2 unspecified atom stereocenters. The number of benzene rings is 1. The van der Waals surface area contributed by atoms with E-state index in [2.05, 4.69) is 10.1 Å². The molecule has 1 aromatic carbocycles. The Kier molecular flexibility index (Phi) is 7.19. The number of hydrogen-bond donors (Lipinski definition) is 0. The number of methoxy groups -OCH3 is 1. The van der Waals surface area contributed by atoms with Gasteiger partial charge in [-0.15, -0.1) is 0 Å². The lowest BCUT2D eigenvalue weighted by atomic mass is 9.98. The van der Waals surface area contributed by atoms with Crippen molar-refractivity contribution in [3.63, 3.8) is 0 Å². The number of anilines is 1. The highest BCUT2D eigenvalue weighted by Crippen LogP contribution is 2.38. The van der Waals surface area contributed by atoms with E-state index >= 15 is 0 Å². The van der Waals surface area contributed by atoms with Crippen LogP contribution in [0.25, 0.3) is 0 Å². The molecule has 3 aromatic rings. The molecule has 1 fully saturated rings. The maximum Gasteiger partial charge on any atom is 0.416 e. The third-order valence-electron chi connectivity index (χ3n) is 6.90. The first-order chi connectivity index (χ1) is 18.2. The van der Waals surface area contributed by atoms with Gasteiger partial charge in [0.05, 0.1) is 43.1 Å². The zero-order chi connectivity index (χ0) is 27.0. The molecule has 0 saturated carbocycles. The van der Waals surface area contributed by atoms with Crippen molar-refractivity contribution in [1.29, 1.82) is 0 Å². The summed E-state index contributed by atoms with van der Waals surface area (Å²) in [6, 6.07) is 3.55. The molecule has 4 heterocycles. The Morgan fingerprint density at radius 1 is 1.26 bits per heavy atom. The molecule has 202 valence electrons. The summed E-state index contributed by atoms with van der Waals surface area (Å²) >= 11 is 6.47. The maximum absolute atomic E-state index is 13.8. The second kappa shape index (κ2) is 10.4. The number of hydrogen-bond acceptors (Lipinski definition) is 7. The third-order valence-corrected chi connectivity index (χ3v) is 7.25. The van der Waals surface area contributed by atoms with Gasteiger partial charge in [-0.2, -0.15) is 23.0 Å². The van der Waals surface area contributed by atoms with Gasteiger partial charge in [-0.05, 0) is 30.9 Å². The van der Waals surface area contributed by atoms with E-state index in [4.69, 9.17) is 21.1 Å². The van der Waals surface area contributed by atoms with Crippen LogP contribution < -0.4 is 10.5 Å². The molecule has 0 radical (unpaired) electrons. The lowest BCUT2D eigenvalue weighted by Crippen LogP contribution is -2.36. The number of fused-ring (bicyclic) bond motifs is 1. The van der Waals surface area contributed by atoms with Crippen LogP contribution in [-0.4, -0.2) is 45.6 Å². The first kappa shape index (κ1) is 26.2. The summed E-state index contributed by atoms with van der Waals surface area (Å²) in [7, 11) is 1.13. The largest absolute Gasteiger partial charge is 0.467 e. The lowest BCUT2D eigenvalue weighted by molar-refractivity contribution is -0.145. The van der Waals surface area contributed by atoms with Crippen molar-refractivity contribution in [3.05, 3.63) is 74.7 Å². The maximum atomic E-state index is 13.8. The highest BCUT2D eigenvalue weighted by Gasteiger charge is 2.39. The van der Waals surface area contributed by atoms with Gasteiger partial charge in [0, 0.05) is 25.3 Å². The van der Waals surface area contributed by atoms with E-state index in [9.17, 15) is 22.8 Å². The number of esters is 1. The molecule has 2 aliphatic rings. The Morgan fingerprint density at radius 2 is 2.05 bits per heavy atom. The van der Waals surface area contributed by atoms with Crippen LogP contribution in [0.15, 0.2) is 41.6 Å². The van der Waals surface area contributed by atoms with E-state index in [1.165, 1.54) is 40.0 Å². The summed E-state index contributed by atoms with van der Waals surface area (Å²) in [4.78, 5) is 32.0. The van der Waals surface area contributed by atoms with Crippen LogP contribution in [0.4, 0.5) is 18.9 Å². The van der Waals surface area contributed by atoms with Gasteiger partial charge in [0.1, 0.15) is 5.02 Å². The number of nitrogens with zero attached hydrogens (tertiary/aromatic N) is 5. The van der Waals surface area contributed by atoms with Crippen molar-refractivity contribution in [1.82, 2.24) is 19.3 Å². The number of alkyl halides is 3. The summed E-state index contributed by atoms with van der Waals surface area (Å²) in [6.45, 7) is 1.15. The molecule has 0 bridgehead atoms. The van der Waals surface area contributed by atoms with Crippen LogP contribution in [0.3, 0.4) is 0 Å². The summed E-state index contributed by atoms with van der Waals surface area (Å²) in [6.07, 6.45) is 0.609. The minimum atomic E-state index is -4.66. The van der Waals surface area contributed by atoms with Gasteiger partial charge in [-0.1, -0.05) is 29.8 Å². The summed E-state index contributed by atoms with van der Waals surface area (Å²) in [5.74, 6) is -0.842. The van der Waals surface area contributed by atoms with Crippen LogP contribution in [0, 0.1) is 0 Å². The smallest absolute Gasteiger partial charge is 0.416 e. The second-order valence-electron chi connectivity index (χ2n) is 9.14. The van der Waals surface area contributed by atoms with E-state index in [1.807, 2.05) is 4.90 Å². The van der Waals surface area contributed by atoms with Gasteiger partial charge in [-0.25, -0.2) is 9.78 Å². The average Bonchev–Trinajstić information content (AvgIpc) is 3.33. The standard InChI is InChI=1S/C25H25ClF3N5O4/c1-37-24(36)22(15-6-2-3-7-16(15)25(27,28)29)33-14-30-17-13-32(10-9-18(17)33)19-12-31-34(23(35)21(19)26)20-8-4-5-11-38-20/h2-3,6-7,12,14,20,22H,4-5,8-11,13H2,1H3. The zero-order valence-corrected chi connectivity index (χ0v) is 21.2. The van der Waals surface area contributed by atoms with Crippen molar-refractivity contribution in [2.45, 2.75) is 50.7 Å². The molecule has 0 aliphatic carbocycles. The molecule has 0 amide bonds. The Labute approximate surface area is 220 Å². The van der Waals surface area contributed by atoms with E-state index < -0.39 is 35.5 Å². The predicted molar refractivity (Wildman–Crippen MR) is 131 cm³/mol. The lowest BCUT2D eigenvalue weighted by Gasteiger charge is -2.31. The van der Waals surface area contributed by atoms with Crippen molar-refractivity contribution in [3.8, 4) is 0 Å². The van der Waals surface area contributed by atoms with Gasteiger partial charge in [0.25, 0.3) is 5.56 Å². The van der Waals surface area contributed by atoms with Crippen LogP contribution in [0.5, 0.6) is 0 Å². The second-order valence-corrected chi connectivity index (χ2v) is 9.52.